The van der Waals surface area contributed by atoms with Crippen LogP contribution in [-0.4, -0.2) is 45.7 Å². The molecular weight excluding hydrogens is 392 g/mol. The van der Waals surface area contributed by atoms with Gasteiger partial charge in [0.05, 0.1) is 17.0 Å². The van der Waals surface area contributed by atoms with Crippen molar-refractivity contribution in [1.29, 1.82) is 0 Å². The molecule has 7 nitrogen and oxygen atoms in total. The molecule has 0 aromatic heterocycles. The minimum Gasteiger partial charge on any atom is -0.504 e. The summed E-state index contributed by atoms with van der Waals surface area (Å²) in [5.41, 5.74) is 7.34. The number of aliphatic hydroxyl groups excluding tert-OH is 1. The van der Waals surface area contributed by atoms with Crippen molar-refractivity contribution in [2.45, 2.75) is 33.6 Å². The number of anilines is 1. The monoisotopic (exact) mass is 418 g/mol. The smallest absolute Gasteiger partial charge is 0.296 e. The van der Waals surface area contributed by atoms with Crippen molar-refractivity contribution in [3.05, 3.63) is 58.7 Å². The number of carbonyl (C=O) groups excluding carboxylic acids is 1. The number of carbonyl (C=O) groups is 1. The number of hydrazone groups is 2. The summed E-state index contributed by atoms with van der Waals surface area (Å²) in [5, 5.41) is 29.2. The predicted octanol–water partition coefficient (Wildman–Crippen LogP) is 3.17. The molecule has 0 saturated carbocycles. The number of benzene rings is 2. The molecule has 1 aliphatic rings. The first kappa shape index (κ1) is 22.1. The number of amides is 1. The molecule has 3 rings (SSSR count). The van der Waals surface area contributed by atoms with E-state index in [-0.39, 0.29) is 24.0 Å². The van der Waals surface area contributed by atoms with Crippen molar-refractivity contribution in [1.82, 2.24) is 5.01 Å². The largest absolute Gasteiger partial charge is 0.504 e. The topological polar surface area (TPSA) is 97.5 Å². The van der Waals surface area contributed by atoms with E-state index in [1.54, 1.807) is 25.1 Å². The van der Waals surface area contributed by atoms with Crippen LogP contribution in [0.5, 0.6) is 5.75 Å². The second-order valence-electron chi connectivity index (χ2n) is 7.34. The Hall–Kier alpha value is -3.63. The Kier molecular flexibility index (Phi) is 7.06. The summed E-state index contributed by atoms with van der Waals surface area (Å²) in [5.74, 6) is 5.81. The Morgan fingerprint density at radius 2 is 1.77 bits per heavy atom. The van der Waals surface area contributed by atoms with Gasteiger partial charge in [-0.05, 0) is 56.9 Å². The Labute approximate surface area is 182 Å². The van der Waals surface area contributed by atoms with Crippen LogP contribution in [0.2, 0.25) is 0 Å². The second-order valence-corrected chi connectivity index (χ2v) is 7.34. The van der Waals surface area contributed by atoms with Gasteiger partial charge in [0, 0.05) is 18.7 Å². The quantitative estimate of drug-likeness (QED) is 0.290. The number of aromatic hydroxyl groups is 1. The first-order valence-electron chi connectivity index (χ1n) is 10.1. The van der Waals surface area contributed by atoms with E-state index < -0.39 is 0 Å². The van der Waals surface area contributed by atoms with Gasteiger partial charge < -0.3 is 10.2 Å². The van der Waals surface area contributed by atoms with E-state index in [4.69, 9.17) is 5.11 Å². The molecule has 7 heteroatoms. The Morgan fingerprint density at radius 3 is 2.48 bits per heavy atom. The van der Waals surface area contributed by atoms with Gasteiger partial charge in [-0.3, -0.25) is 10.2 Å². The van der Waals surface area contributed by atoms with E-state index in [0.29, 0.717) is 36.3 Å². The summed E-state index contributed by atoms with van der Waals surface area (Å²) in [6.45, 7) is 6.21. The molecule has 0 fully saturated rings. The van der Waals surface area contributed by atoms with Gasteiger partial charge in [0.1, 0.15) is 0 Å². The molecule has 1 heterocycles. The van der Waals surface area contributed by atoms with Crippen LogP contribution in [0.1, 0.15) is 42.0 Å². The van der Waals surface area contributed by atoms with Gasteiger partial charge in [0.15, 0.2) is 11.5 Å². The normalized spacial score (nSPS) is 14.5. The van der Waals surface area contributed by atoms with Crippen molar-refractivity contribution >= 4 is 23.0 Å². The first-order valence-corrected chi connectivity index (χ1v) is 10.1. The zero-order chi connectivity index (χ0) is 22.4. The molecule has 2 aromatic rings. The summed E-state index contributed by atoms with van der Waals surface area (Å²) >= 11 is 0. The zero-order valence-electron chi connectivity index (χ0n) is 17.9. The number of para-hydroxylation sites is 1. The van der Waals surface area contributed by atoms with Crippen LogP contribution in [0.15, 0.2) is 46.6 Å². The molecule has 0 radical (unpaired) electrons. The number of phenols is 1. The predicted molar refractivity (Wildman–Crippen MR) is 122 cm³/mol. The minimum absolute atomic E-state index is 0.0366. The fourth-order valence-corrected chi connectivity index (χ4v) is 3.20. The number of nitrogens with zero attached hydrogens (tertiary/aromatic N) is 3. The highest BCUT2D eigenvalue weighted by Gasteiger charge is 2.29. The van der Waals surface area contributed by atoms with E-state index >= 15 is 0 Å². The number of aryl methyl sites for hydroxylation is 2. The van der Waals surface area contributed by atoms with Crippen LogP contribution in [0.3, 0.4) is 0 Å². The zero-order valence-corrected chi connectivity index (χ0v) is 17.9. The summed E-state index contributed by atoms with van der Waals surface area (Å²) in [4.78, 5) is 12.5. The van der Waals surface area contributed by atoms with Gasteiger partial charge in [0.25, 0.3) is 5.91 Å². The number of hydrogen-bond acceptors (Lipinski definition) is 6. The third kappa shape index (κ3) is 5.11. The fraction of sp³-hybridized carbons (Fsp3) is 0.292. The molecule has 0 atom stereocenters. The number of aliphatic hydroxyl groups is 1. The average Bonchev–Trinajstić information content (AvgIpc) is 3.01. The van der Waals surface area contributed by atoms with Gasteiger partial charge in [-0.15, -0.1) is 0 Å². The summed E-state index contributed by atoms with van der Waals surface area (Å²) < 4.78 is 0. The van der Waals surface area contributed by atoms with E-state index in [9.17, 15) is 9.90 Å². The molecule has 31 heavy (non-hydrogen) atoms. The van der Waals surface area contributed by atoms with E-state index in [1.165, 1.54) is 5.01 Å². The number of unbranched alkanes of at least 4 members (excludes halogenated alkanes) is 1. The third-order valence-corrected chi connectivity index (χ3v) is 4.96. The van der Waals surface area contributed by atoms with Gasteiger partial charge in [-0.2, -0.15) is 10.2 Å². The molecule has 3 N–H and O–H groups in total. The maximum Gasteiger partial charge on any atom is 0.296 e. The summed E-state index contributed by atoms with van der Waals surface area (Å²) in [6.07, 6.45) is 1.26. The molecule has 0 bridgehead atoms. The molecule has 0 spiro atoms. The standard InChI is InChI=1S/C24H26N4O3/c1-16-8-6-9-17(2)20(16)13-12-19-10-7-11-21(23(19)30)25-26-22-18(3)27-28(24(22)31)14-4-5-15-29/h6-11,25,29-30H,4-5,14-15H2,1-3H3/b26-22-. The lowest BCUT2D eigenvalue weighted by Gasteiger charge is -2.10. The van der Waals surface area contributed by atoms with Crippen LogP contribution in [0.25, 0.3) is 0 Å². The highest BCUT2D eigenvalue weighted by molar-refractivity contribution is 6.68. The lowest BCUT2D eigenvalue weighted by atomic mass is 10.0. The molecular formula is C24H26N4O3. The molecule has 0 unspecified atom stereocenters. The Balaban J connectivity index is 1.78. The van der Waals surface area contributed by atoms with Crippen molar-refractivity contribution in [3.8, 4) is 17.6 Å². The van der Waals surface area contributed by atoms with E-state index in [2.05, 4.69) is 27.5 Å². The van der Waals surface area contributed by atoms with Gasteiger partial charge >= 0.3 is 0 Å². The van der Waals surface area contributed by atoms with Crippen LogP contribution in [0.4, 0.5) is 5.69 Å². The minimum atomic E-state index is -0.312. The van der Waals surface area contributed by atoms with Gasteiger partial charge in [-0.1, -0.05) is 36.1 Å². The third-order valence-electron chi connectivity index (χ3n) is 4.96. The lowest BCUT2D eigenvalue weighted by Crippen LogP contribution is -2.29. The van der Waals surface area contributed by atoms with Gasteiger partial charge in [0.2, 0.25) is 0 Å². The fourth-order valence-electron chi connectivity index (χ4n) is 3.20. The van der Waals surface area contributed by atoms with Crippen molar-refractivity contribution in [3.63, 3.8) is 0 Å². The molecule has 1 aliphatic heterocycles. The van der Waals surface area contributed by atoms with Crippen LogP contribution < -0.4 is 5.43 Å². The van der Waals surface area contributed by atoms with Crippen molar-refractivity contribution < 1.29 is 15.0 Å². The Morgan fingerprint density at radius 1 is 1.06 bits per heavy atom. The summed E-state index contributed by atoms with van der Waals surface area (Å²) in [6, 6.07) is 11.1. The maximum absolute atomic E-state index is 12.5. The summed E-state index contributed by atoms with van der Waals surface area (Å²) in [7, 11) is 0. The van der Waals surface area contributed by atoms with E-state index in [1.807, 2.05) is 32.0 Å². The number of rotatable bonds is 6. The molecule has 2 aromatic carbocycles. The average molecular weight is 418 g/mol. The first-order chi connectivity index (χ1) is 14.9. The van der Waals surface area contributed by atoms with Crippen LogP contribution >= 0.6 is 0 Å². The number of hydrogen-bond donors (Lipinski definition) is 3. The van der Waals surface area contributed by atoms with Crippen LogP contribution in [0, 0.1) is 25.7 Å². The van der Waals surface area contributed by atoms with E-state index in [0.717, 1.165) is 16.7 Å². The van der Waals surface area contributed by atoms with Crippen LogP contribution in [-0.2, 0) is 4.79 Å². The molecule has 1 amide bonds. The van der Waals surface area contributed by atoms with Gasteiger partial charge in [-0.25, -0.2) is 5.01 Å². The molecule has 0 saturated heterocycles. The number of nitrogens with one attached hydrogen (secondary N) is 1. The maximum atomic E-state index is 12.5. The van der Waals surface area contributed by atoms with Crippen molar-refractivity contribution in [2.24, 2.45) is 10.2 Å². The Bertz CT molecular complexity index is 1090. The number of phenolic OH excluding ortho intramolecular Hbond substituents is 1. The lowest BCUT2D eigenvalue weighted by molar-refractivity contribution is -0.123. The van der Waals surface area contributed by atoms with Crippen molar-refractivity contribution in [2.75, 3.05) is 18.6 Å². The molecule has 160 valence electrons. The highest BCUT2D eigenvalue weighted by atomic mass is 16.3. The SMILES string of the molecule is CC1=NN(CCCCO)C(=O)/C1=N\Nc1cccc(C#Cc2c(C)cccc2C)c1O. The molecule has 0 aliphatic carbocycles. The second kappa shape index (κ2) is 9.92. The highest BCUT2D eigenvalue weighted by Crippen LogP contribution is 2.27.